The van der Waals surface area contributed by atoms with E-state index in [-0.39, 0.29) is 17.8 Å². The average molecular weight is 302 g/mol. The number of hydrogen-bond acceptors (Lipinski definition) is 3. The summed E-state index contributed by atoms with van der Waals surface area (Å²) in [5.41, 5.74) is 1.47. The molecule has 3 heteroatoms. The van der Waals surface area contributed by atoms with Gasteiger partial charge in [-0.25, -0.2) is 0 Å². The SMILES string of the molecule is COCC(=O)CSc1cccc2cc(C(C)(C)C)ccc12. The second-order valence-electron chi connectivity index (χ2n) is 6.20. The van der Waals surface area contributed by atoms with Crippen LogP contribution in [-0.4, -0.2) is 25.3 Å². The molecule has 0 saturated carbocycles. The molecule has 0 atom stereocenters. The van der Waals surface area contributed by atoms with Crippen LogP contribution in [0.15, 0.2) is 41.3 Å². The molecule has 0 heterocycles. The van der Waals surface area contributed by atoms with E-state index in [0.717, 1.165) is 4.90 Å². The van der Waals surface area contributed by atoms with Gasteiger partial charge in [-0.05, 0) is 27.8 Å². The lowest BCUT2D eigenvalue weighted by Gasteiger charge is -2.20. The number of methoxy groups -OCH3 is 1. The fourth-order valence-corrected chi connectivity index (χ4v) is 3.12. The number of rotatable bonds is 5. The van der Waals surface area contributed by atoms with E-state index in [1.165, 1.54) is 16.3 Å². The highest BCUT2D eigenvalue weighted by atomic mass is 32.2. The number of carbonyl (C=O) groups is 1. The number of carbonyl (C=O) groups excluding carboxylic acids is 1. The molecule has 0 aliphatic heterocycles. The Bertz CT molecular complexity index is 641. The third-order valence-corrected chi connectivity index (χ3v) is 4.53. The second kappa shape index (κ2) is 6.63. The summed E-state index contributed by atoms with van der Waals surface area (Å²) < 4.78 is 4.87. The molecule has 2 aromatic carbocycles. The zero-order valence-electron chi connectivity index (χ0n) is 13.1. The highest BCUT2D eigenvalue weighted by Crippen LogP contribution is 2.31. The maximum absolute atomic E-state index is 11.6. The number of ketones is 1. The maximum Gasteiger partial charge on any atom is 0.168 e. The van der Waals surface area contributed by atoms with Crippen LogP contribution in [0.1, 0.15) is 26.3 Å². The molecule has 0 spiro atoms. The van der Waals surface area contributed by atoms with Crippen LogP contribution in [0.2, 0.25) is 0 Å². The molecule has 0 aromatic heterocycles. The smallest absolute Gasteiger partial charge is 0.168 e. The lowest BCUT2D eigenvalue weighted by molar-refractivity contribution is -0.120. The van der Waals surface area contributed by atoms with Gasteiger partial charge < -0.3 is 4.74 Å². The number of Topliss-reactive ketones (excluding diaryl/α,β-unsaturated/α-hetero) is 1. The molecule has 0 unspecified atom stereocenters. The summed E-state index contributed by atoms with van der Waals surface area (Å²) in [4.78, 5) is 12.7. The minimum atomic E-state index is 0.116. The lowest BCUT2D eigenvalue weighted by atomic mass is 9.86. The van der Waals surface area contributed by atoms with Gasteiger partial charge in [0, 0.05) is 12.0 Å². The van der Waals surface area contributed by atoms with Gasteiger partial charge in [0.1, 0.15) is 6.61 Å². The number of thioether (sulfide) groups is 1. The normalized spacial score (nSPS) is 11.8. The molecule has 0 saturated heterocycles. The minimum Gasteiger partial charge on any atom is -0.377 e. The van der Waals surface area contributed by atoms with Crippen LogP contribution in [-0.2, 0) is 14.9 Å². The standard InChI is InChI=1S/C18H22O2S/c1-18(2,3)14-8-9-16-13(10-14)6-5-7-17(16)21-12-15(19)11-20-4/h5-10H,11-12H2,1-4H3. The van der Waals surface area contributed by atoms with Crippen molar-refractivity contribution in [2.75, 3.05) is 19.5 Å². The molecule has 0 amide bonds. The maximum atomic E-state index is 11.6. The highest BCUT2D eigenvalue weighted by Gasteiger charge is 2.14. The van der Waals surface area contributed by atoms with Gasteiger partial charge in [-0.3, -0.25) is 4.79 Å². The number of hydrogen-bond donors (Lipinski definition) is 0. The molecular weight excluding hydrogens is 280 g/mol. The second-order valence-corrected chi connectivity index (χ2v) is 7.22. The van der Waals surface area contributed by atoms with Gasteiger partial charge in [-0.1, -0.05) is 51.1 Å². The summed E-state index contributed by atoms with van der Waals surface area (Å²) in [6.45, 7) is 6.84. The largest absolute Gasteiger partial charge is 0.377 e. The molecule has 2 rings (SSSR count). The molecule has 21 heavy (non-hydrogen) atoms. The third kappa shape index (κ3) is 4.08. The van der Waals surface area contributed by atoms with Gasteiger partial charge in [0.2, 0.25) is 0 Å². The van der Waals surface area contributed by atoms with Gasteiger partial charge in [0.15, 0.2) is 5.78 Å². The third-order valence-electron chi connectivity index (χ3n) is 3.40. The topological polar surface area (TPSA) is 26.3 Å². The molecule has 0 aliphatic carbocycles. The molecule has 112 valence electrons. The van der Waals surface area contributed by atoms with E-state index in [4.69, 9.17) is 4.74 Å². The van der Waals surface area contributed by atoms with Crippen molar-refractivity contribution < 1.29 is 9.53 Å². The van der Waals surface area contributed by atoms with Gasteiger partial charge in [0.05, 0.1) is 5.75 Å². The van der Waals surface area contributed by atoms with Crippen molar-refractivity contribution in [2.24, 2.45) is 0 Å². The molecule has 0 bridgehead atoms. The lowest BCUT2D eigenvalue weighted by Crippen LogP contribution is -2.10. The fourth-order valence-electron chi connectivity index (χ4n) is 2.21. The molecular formula is C18H22O2S. The first-order chi connectivity index (χ1) is 9.91. The van der Waals surface area contributed by atoms with Crippen molar-refractivity contribution in [1.82, 2.24) is 0 Å². The molecule has 2 nitrogen and oxygen atoms in total. The number of fused-ring (bicyclic) bond motifs is 1. The average Bonchev–Trinajstić information content (AvgIpc) is 2.43. The van der Waals surface area contributed by atoms with Crippen molar-refractivity contribution in [3.63, 3.8) is 0 Å². The van der Waals surface area contributed by atoms with Crippen LogP contribution in [0.5, 0.6) is 0 Å². The van der Waals surface area contributed by atoms with Crippen LogP contribution in [0, 0.1) is 0 Å². The van der Waals surface area contributed by atoms with Gasteiger partial charge in [-0.15, -0.1) is 11.8 Å². The van der Waals surface area contributed by atoms with Crippen LogP contribution >= 0.6 is 11.8 Å². The van der Waals surface area contributed by atoms with E-state index >= 15 is 0 Å². The van der Waals surface area contributed by atoms with Crippen LogP contribution in [0.3, 0.4) is 0 Å². The molecule has 0 aliphatic rings. The Kier molecular flexibility index (Phi) is 5.07. The van der Waals surface area contributed by atoms with Crippen molar-refractivity contribution in [1.29, 1.82) is 0 Å². The summed E-state index contributed by atoms with van der Waals surface area (Å²) in [6, 6.07) is 12.9. The zero-order chi connectivity index (χ0) is 15.5. The van der Waals surface area contributed by atoms with Crippen LogP contribution < -0.4 is 0 Å². The summed E-state index contributed by atoms with van der Waals surface area (Å²) >= 11 is 1.58. The molecule has 0 radical (unpaired) electrons. The summed E-state index contributed by atoms with van der Waals surface area (Å²) in [7, 11) is 1.55. The number of benzene rings is 2. The Hall–Kier alpha value is -1.32. The molecule has 2 aromatic rings. The Balaban J connectivity index is 2.28. The predicted molar refractivity (Wildman–Crippen MR) is 90.3 cm³/mol. The van der Waals surface area contributed by atoms with Gasteiger partial charge >= 0.3 is 0 Å². The van der Waals surface area contributed by atoms with E-state index in [1.807, 2.05) is 0 Å². The van der Waals surface area contributed by atoms with E-state index in [0.29, 0.717) is 5.75 Å². The van der Waals surface area contributed by atoms with Gasteiger partial charge in [-0.2, -0.15) is 0 Å². The Morgan fingerprint density at radius 3 is 2.62 bits per heavy atom. The first-order valence-electron chi connectivity index (χ1n) is 7.08. The van der Waals surface area contributed by atoms with E-state index in [9.17, 15) is 4.79 Å². The Morgan fingerprint density at radius 2 is 1.95 bits per heavy atom. The van der Waals surface area contributed by atoms with Crippen LogP contribution in [0.25, 0.3) is 10.8 Å². The van der Waals surface area contributed by atoms with Crippen molar-refractivity contribution in [3.05, 3.63) is 42.0 Å². The monoisotopic (exact) mass is 302 g/mol. The number of ether oxygens (including phenoxy) is 1. The van der Waals surface area contributed by atoms with E-state index in [2.05, 4.69) is 57.2 Å². The summed E-state index contributed by atoms with van der Waals surface area (Å²) in [5.74, 6) is 0.569. The summed E-state index contributed by atoms with van der Waals surface area (Å²) in [6.07, 6.45) is 0. The quantitative estimate of drug-likeness (QED) is 0.764. The van der Waals surface area contributed by atoms with E-state index < -0.39 is 0 Å². The first kappa shape index (κ1) is 16.1. The van der Waals surface area contributed by atoms with E-state index in [1.54, 1.807) is 18.9 Å². The Morgan fingerprint density at radius 1 is 1.19 bits per heavy atom. The Labute approximate surface area is 130 Å². The van der Waals surface area contributed by atoms with Crippen molar-refractivity contribution in [2.45, 2.75) is 31.1 Å². The van der Waals surface area contributed by atoms with Crippen LogP contribution in [0.4, 0.5) is 0 Å². The predicted octanol–water partition coefficient (Wildman–Crippen LogP) is 4.44. The van der Waals surface area contributed by atoms with Gasteiger partial charge in [0.25, 0.3) is 0 Å². The molecule has 0 N–H and O–H groups in total. The fraction of sp³-hybridized carbons (Fsp3) is 0.389. The highest BCUT2D eigenvalue weighted by molar-refractivity contribution is 8.00. The zero-order valence-corrected chi connectivity index (χ0v) is 13.9. The molecule has 0 fully saturated rings. The first-order valence-corrected chi connectivity index (χ1v) is 8.07. The summed E-state index contributed by atoms with van der Waals surface area (Å²) in [5, 5.41) is 2.44. The van der Waals surface area contributed by atoms with Crippen molar-refractivity contribution >= 4 is 28.3 Å². The van der Waals surface area contributed by atoms with Crippen molar-refractivity contribution in [3.8, 4) is 0 Å². The minimum absolute atomic E-state index is 0.116.